The predicted octanol–water partition coefficient (Wildman–Crippen LogP) is 2.28. The maximum atomic E-state index is 12.8. The van der Waals surface area contributed by atoms with Crippen molar-refractivity contribution in [3.05, 3.63) is 35.6 Å². The number of halogens is 1. The molecule has 16 heavy (non-hydrogen) atoms. The molecule has 1 unspecified atom stereocenters. The van der Waals surface area contributed by atoms with Crippen molar-refractivity contribution in [1.29, 1.82) is 0 Å². The summed E-state index contributed by atoms with van der Waals surface area (Å²) in [5.74, 6) is -0.213. The molecule has 0 heterocycles. The van der Waals surface area contributed by atoms with Gasteiger partial charge in [-0.3, -0.25) is 0 Å². The molecule has 1 aromatic carbocycles. The van der Waals surface area contributed by atoms with Crippen LogP contribution in [0.15, 0.2) is 24.3 Å². The summed E-state index contributed by atoms with van der Waals surface area (Å²) >= 11 is 0. The number of likely N-dealkylation sites (N-methyl/N-ethyl adjacent to an activating group) is 1. The van der Waals surface area contributed by atoms with Gasteiger partial charge in [-0.2, -0.15) is 0 Å². The highest BCUT2D eigenvalue weighted by molar-refractivity contribution is 5.24. The van der Waals surface area contributed by atoms with Gasteiger partial charge in [-0.05, 0) is 30.2 Å². The average molecular weight is 225 g/mol. The van der Waals surface area contributed by atoms with Gasteiger partial charge in [0.25, 0.3) is 0 Å². The number of hydrogen-bond acceptors (Lipinski definition) is 2. The van der Waals surface area contributed by atoms with Crippen LogP contribution in [0.1, 0.15) is 26.3 Å². The van der Waals surface area contributed by atoms with Crippen molar-refractivity contribution in [2.75, 3.05) is 13.1 Å². The van der Waals surface area contributed by atoms with E-state index >= 15 is 0 Å². The van der Waals surface area contributed by atoms with Crippen LogP contribution >= 0.6 is 0 Å². The van der Waals surface area contributed by atoms with E-state index in [1.807, 2.05) is 20.8 Å². The molecule has 3 heteroatoms. The Morgan fingerprint density at radius 3 is 2.31 bits per heavy atom. The van der Waals surface area contributed by atoms with Crippen molar-refractivity contribution in [2.24, 2.45) is 5.92 Å². The van der Waals surface area contributed by atoms with Gasteiger partial charge in [-0.15, -0.1) is 0 Å². The van der Waals surface area contributed by atoms with Crippen LogP contribution in [0.4, 0.5) is 4.39 Å². The Morgan fingerprint density at radius 2 is 1.88 bits per heavy atom. The van der Waals surface area contributed by atoms with Gasteiger partial charge in [-0.1, -0.05) is 32.9 Å². The maximum Gasteiger partial charge on any atom is 0.123 e. The summed E-state index contributed by atoms with van der Waals surface area (Å²) in [6, 6.07) is 6.06. The fraction of sp³-hybridized carbons (Fsp3) is 0.538. The fourth-order valence-corrected chi connectivity index (χ4v) is 1.69. The van der Waals surface area contributed by atoms with Crippen LogP contribution in [0, 0.1) is 11.7 Å². The summed E-state index contributed by atoms with van der Waals surface area (Å²) in [4.78, 5) is 0. The first-order chi connectivity index (χ1) is 7.50. The van der Waals surface area contributed by atoms with Gasteiger partial charge >= 0.3 is 0 Å². The van der Waals surface area contributed by atoms with Crippen LogP contribution in [0.2, 0.25) is 0 Å². The molecule has 0 saturated heterocycles. The molecule has 0 saturated carbocycles. The molecular formula is C13H20FNO. The highest BCUT2D eigenvalue weighted by Gasteiger charge is 2.32. The molecular weight excluding hydrogens is 205 g/mol. The summed E-state index contributed by atoms with van der Waals surface area (Å²) in [7, 11) is 0. The first-order valence-electron chi connectivity index (χ1n) is 5.70. The molecule has 1 rings (SSSR count). The molecule has 0 amide bonds. The highest BCUT2D eigenvalue weighted by Crippen LogP contribution is 2.28. The van der Waals surface area contributed by atoms with E-state index in [4.69, 9.17) is 0 Å². The number of benzene rings is 1. The maximum absolute atomic E-state index is 12.8. The van der Waals surface area contributed by atoms with E-state index in [0.29, 0.717) is 6.54 Å². The normalized spacial score (nSPS) is 15.1. The van der Waals surface area contributed by atoms with Crippen molar-refractivity contribution in [3.63, 3.8) is 0 Å². The van der Waals surface area contributed by atoms with E-state index < -0.39 is 5.60 Å². The smallest absolute Gasteiger partial charge is 0.123 e. The molecule has 1 atom stereocenters. The zero-order valence-corrected chi connectivity index (χ0v) is 10.1. The number of hydrogen-bond donors (Lipinski definition) is 2. The van der Waals surface area contributed by atoms with Crippen molar-refractivity contribution in [3.8, 4) is 0 Å². The lowest BCUT2D eigenvalue weighted by Gasteiger charge is -2.33. The van der Waals surface area contributed by atoms with E-state index in [1.54, 1.807) is 12.1 Å². The summed E-state index contributed by atoms with van der Waals surface area (Å²) in [5.41, 5.74) is -0.186. The molecule has 90 valence electrons. The quantitative estimate of drug-likeness (QED) is 0.805. The Labute approximate surface area is 96.5 Å². The third kappa shape index (κ3) is 2.80. The minimum atomic E-state index is -0.941. The van der Waals surface area contributed by atoms with Crippen LogP contribution in [0.5, 0.6) is 0 Å². The van der Waals surface area contributed by atoms with Gasteiger partial charge in [0, 0.05) is 6.54 Å². The second-order valence-corrected chi connectivity index (χ2v) is 4.37. The Bertz CT molecular complexity index is 323. The zero-order valence-electron chi connectivity index (χ0n) is 10.1. The zero-order chi connectivity index (χ0) is 12.2. The van der Waals surface area contributed by atoms with Crippen LogP contribution in [0.25, 0.3) is 0 Å². The Kier molecular flexibility index (Phi) is 4.44. The lowest BCUT2D eigenvalue weighted by atomic mass is 9.83. The molecule has 1 aromatic rings. The second kappa shape index (κ2) is 5.41. The molecule has 0 aliphatic carbocycles. The van der Waals surface area contributed by atoms with Crippen LogP contribution in [0.3, 0.4) is 0 Å². The van der Waals surface area contributed by atoms with Gasteiger partial charge in [-0.25, -0.2) is 4.39 Å². The number of rotatable bonds is 5. The molecule has 2 N–H and O–H groups in total. The van der Waals surface area contributed by atoms with Crippen molar-refractivity contribution in [2.45, 2.75) is 26.4 Å². The molecule has 0 radical (unpaired) electrons. The Hall–Kier alpha value is -0.930. The largest absolute Gasteiger partial charge is 0.384 e. The lowest BCUT2D eigenvalue weighted by molar-refractivity contribution is -0.00880. The first-order valence-corrected chi connectivity index (χ1v) is 5.70. The summed E-state index contributed by atoms with van der Waals surface area (Å²) in [6.45, 7) is 7.19. The highest BCUT2D eigenvalue weighted by atomic mass is 19.1. The van der Waals surface area contributed by atoms with Crippen molar-refractivity contribution in [1.82, 2.24) is 5.32 Å². The van der Waals surface area contributed by atoms with Crippen LogP contribution in [-0.2, 0) is 5.60 Å². The van der Waals surface area contributed by atoms with Crippen molar-refractivity contribution >= 4 is 0 Å². The van der Waals surface area contributed by atoms with E-state index in [9.17, 15) is 9.50 Å². The van der Waals surface area contributed by atoms with Gasteiger partial charge in [0.15, 0.2) is 0 Å². The Balaban J connectivity index is 2.96. The van der Waals surface area contributed by atoms with Gasteiger partial charge < -0.3 is 10.4 Å². The summed E-state index contributed by atoms with van der Waals surface area (Å²) < 4.78 is 12.8. The standard InChI is InChI=1S/C13H20FNO/c1-4-15-9-13(16,10(2)3)11-5-7-12(14)8-6-11/h5-8,10,15-16H,4,9H2,1-3H3. The third-order valence-corrected chi connectivity index (χ3v) is 2.94. The molecule has 0 aliphatic heterocycles. The lowest BCUT2D eigenvalue weighted by Crippen LogP contribution is -2.42. The minimum absolute atomic E-state index is 0.0667. The molecule has 0 aliphatic rings. The van der Waals surface area contributed by atoms with E-state index in [2.05, 4.69) is 5.32 Å². The minimum Gasteiger partial charge on any atom is -0.384 e. The topological polar surface area (TPSA) is 32.3 Å². The average Bonchev–Trinajstić information content (AvgIpc) is 2.26. The molecule has 2 nitrogen and oxygen atoms in total. The van der Waals surface area contributed by atoms with Gasteiger partial charge in [0.2, 0.25) is 0 Å². The molecule has 0 bridgehead atoms. The van der Waals surface area contributed by atoms with Crippen molar-refractivity contribution < 1.29 is 9.50 Å². The molecule has 0 aromatic heterocycles. The SMILES string of the molecule is CCNCC(O)(c1ccc(F)cc1)C(C)C. The molecule has 0 spiro atoms. The predicted molar refractivity (Wildman–Crippen MR) is 63.7 cm³/mol. The van der Waals surface area contributed by atoms with E-state index in [1.165, 1.54) is 12.1 Å². The van der Waals surface area contributed by atoms with E-state index in [-0.39, 0.29) is 11.7 Å². The third-order valence-electron chi connectivity index (χ3n) is 2.94. The second-order valence-electron chi connectivity index (χ2n) is 4.37. The fourth-order valence-electron chi connectivity index (χ4n) is 1.69. The van der Waals surface area contributed by atoms with Crippen LogP contribution in [-0.4, -0.2) is 18.2 Å². The monoisotopic (exact) mass is 225 g/mol. The summed E-state index contributed by atoms with van der Waals surface area (Å²) in [5, 5.41) is 13.7. The van der Waals surface area contributed by atoms with Crippen LogP contribution < -0.4 is 5.32 Å². The molecule has 0 fully saturated rings. The first kappa shape index (κ1) is 13.1. The van der Waals surface area contributed by atoms with Gasteiger partial charge in [0.1, 0.15) is 11.4 Å². The number of aliphatic hydroxyl groups is 1. The Morgan fingerprint density at radius 1 is 1.31 bits per heavy atom. The summed E-state index contributed by atoms with van der Waals surface area (Å²) in [6.07, 6.45) is 0. The van der Waals surface area contributed by atoms with Gasteiger partial charge in [0.05, 0.1) is 0 Å². The number of nitrogens with one attached hydrogen (secondary N) is 1. The van der Waals surface area contributed by atoms with E-state index in [0.717, 1.165) is 12.1 Å².